The van der Waals surface area contributed by atoms with Crippen LogP contribution >= 0.6 is 11.6 Å². The molecular formula is C25H31ClN4O2. The molecule has 2 N–H and O–H groups in total. The summed E-state index contributed by atoms with van der Waals surface area (Å²) in [7, 11) is 0. The van der Waals surface area contributed by atoms with Crippen LogP contribution in [-0.2, 0) is 6.54 Å². The largest absolute Gasteiger partial charge is 0.322 e. The maximum absolute atomic E-state index is 13.1. The molecule has 0 saturated carbocycles. The number of carbonyl (C=O) groups excluding carboxylic acids is 1. The Kier molecular flexibility index (Phi) is 7.94. The van der Waals surface area contributed by atoms with Crippen LogP contribution in [0.25, 0.3) is 10.9 Å². The van der Waals surface area contributed by atoms with Crippen LogP contribution in [0.3, 0.4) is 0 Å². The summed E-state index contributed by atoms with van der Waals surface area (Å²) in [5.41, 5.74) is 4.09. The Hall–Kier alpha value is -2.83. The van der Waals surface area contributed by atoms with Gasteiger partial charge in [-0.2, -0.15) is 0 Å². The zero-order chi connectivity index (χ0) is 23.3. The number of halogens is 1. The number of H-pyrrole nitrogens is 1. The van der Waals surface area contributed by atoms with E-state index in [1.807, 2.05) is 26.0 Å². The monoisotopic (exact) mass is 454 g/mol. The topological polar surface area (TPSA) is 68.4 Å². The second kappa shape index (κ2) is 10.7. The number of aromatic amines is 1. The van der Waals surface area contributed by atoms with Crippen LogP contribution in [-0.4, -0.2) is 47.0 Å². The van der Waals surface area contributed by atoms with E-state index in [-0.39, 0.29) is 18.1 Å². The molecule has 0 aliphatic rings. The van der Waals surface area contributed by atoms with Gasteiger partial charge in [-0.05, 0) is 79.8 Å². The van der Waals surface area contributed by atoms with E-state index in [1.54, 1.807) is 29.2 Å². The predicted molar refractivity (Wildman–Crippen MR) is 133 cm³/mol. The highest BCUT2D eigenvalue weighted by atomic mass is 35.5. The highest BCUT2D eigenvalue weighted by molar-refractivity contribution is 6.30. The first-order valence-electron chi connectivity index (χ1n) is 11.0. The van der Waals surface area contributed by atoms with E-state index >= 15 is 0 Å². The normalized spacial score (nSPS) is 11.2. The molecule has 0 radical (unpaired) electrons. The van der Waals surface area contributed by atoms with Gasteiger partial charge in [-0.1, -0.05) is 31.5 Å². The third kappa shape index (κ3) is 5.90. The van der Waals surface area contributed by atoms with Crippen LogP contribution in [0, 0.1) is 13.8 Å². The molecule has 0 aliphatic carbocycles. The van der Waals surface area contributed by atoms with Gasteiger partial charge in [0.2, 0.25) is 0 Å². The lowest BCUT2D eigenvalue weighted by molar-refractivity contribution is 0.194. The molecule has 0 spiro atoms. The number of nitrogens with one attached hydrogen (secondary N) is 2. The molecule has 3 rings (SSSR count). The summed E-state index contributed by atoms with van der Waals surface area (Å²) in [4.78, 5) is 32.8. The fourth-order valence-corrected chi connectivity index (χ4v) is 3.86. The molecule has 7 heteroatoms. The number of amides is 2. The predicted octanol–water partition coefficient (Wildman–Crippen LogP) is 5.17. The Morgan fingerprint density at radius 1 is 1.03 bits per heavy atom. The number of rotatable bonds is 8. The minimum Gasteiger partial charge on any atom is -0.322 e. The molecule has 0 aliphatic heterocycles. The second-order valence-corrected chi connectivity index (χ2v) is 8.47. The molecule has 32 heavy (non-hydrogen) atoms. The standard InChI is InChI=1S/C25H31ClN4O2/c1-5-29(6-2)10-11-30(25(32)27-22-9-7-8-21(26)15-22)16-20-14-19-12-17(3)18(4)13-23(19)28-24(20)31/h7-9,12-15H,5-6,10-11,16H2,1-4H3,(H,27,32)(H,28,31). The third-order valence-corrected chi connectivity index (χ3v) is 6.08. The van der Waals surface area contributed by atoms with E-state index in [0.717, 1.165) is 41.7 Å². The number of benzene rings is 2. The van der Waals surface area contributed by atoms with E-state index in [9.17, 15) is 9.59 Å². The number of aryl methyl sites for hydroxylation is 2. The zero-order valence-electron chi connectivity index (χ0n) is 19.2. The Bertz CT molecular complexity index is 1150. The van der Waals surface area contributed by atoms with Crippen molar-refractivity contribution in [2.75, 3.05) is 31.5 Å². The molecule has 2 aromatic carbocycles. The summed E-state index contributed by atoms with van der Waals surface area (Å²) in [6, 6.07) is 12.7. The summed E-state index contributed by atoms with van der Waals surface area (Å²) in [6.45, 7) is 11.5. The molecule has 0 unspecified atom stereocenters. The summed E-state index contributed by atoms with van der Waals surface area (Å²) >= 11 is 6.06. The van der Waals surface area contributed by atoms with Gasteiger partial charge in [0.1, 0.15) is 0 Å². The van der Waals surface area contributed by atoms with Crippen molar-refractivity contribution in [2.45, 2.75) is 34.2 Å². The summed E-state index contributed by atoms with van der Waals surface area (Å²) < 4.78 is 0. The van der Waals surface area contributed by atoms with Crippen molar-refractivity contribution < 1.29 is 4.79 Å². The van der Waals surface area contributed by atoms with E-state index in [1.165, 1.54) is 0 Å². The summed E-state index contributed by atoms with van der Waals surface area (Å²) in [5, 5.41) is 4.42. The molecule has 0 saturated heterocycles. The first kappa shape index (κ1) is 23.8. The molecule has 3 aromatic rings. The lowest BCUT2D eigenvalue weighted by Crippen LogP contribution is -2.41. The molecule has 1 aromatic heterocycles. The quantitative estimate of drug-likeness (QED) is 0.493. The number of hydrogen-bond donors (Lipinski definition) is 2. The van der Waals surface area contributed by atoms with Gasteiger partial charge in [-0.25, -0.2) is 4.79 Å². The number of hydrogen-bond acceptors (Lipinski definition) is 3. The average Bonchev–Trinajstić information content (AvgIpc) is 2.75. The zero-order valence-corrected chi connectivity index (χ0v) is 19.9. The molecule has 0 bridgehead atoms. The van der Waals surface area contributed by atoms with Gasteiger partial charge in [0, 0.05) is 34.9 Å². The smallest absolute Gasteiger partial charge is 0.322 e. The maximum Gasteiger partial charge on any atom is 0.322 e. The van der Waals surface area contributed by atoms with Crippen molar-refractivity contribution in [3.05, 3.63) is 74.5 Å². The number of anilines is 1. The number of nitrogens with zero attached hydrogens (tertiary/aromatic N) is 2. The SMILES string of the molecule is CCN(CC)CCN(Cc1cc2cc(C)c(C)cc2[nH]c1=O)C(=O)Nc1cccc(Cl)c1. The van der Waals surface area contributed by atoms with Crippen molar-refractivity contribution in [2.24, 2.45) is 0 Å². The average molecular weight is 455 g/mol. The van der Waals surface area contributed by atoms with Gasteiger partial charge in [0.15, 0.2) is 0 Å². The van der Waals surface area contributed by atoms with E-state index in [0.29, 0.717) is 22.8 Å². The number of urea groups is 1. The van der Waals surface area contributed by atoms with Crippen LogP contribution in [0.5, 0.6) is 0 Å². The van der Waals surface area contributed by atoms with Crippen LogP contribution < -0.4 is 10.9 Å². The van der Waals surface area contributed by atoms with Crippen molar-refractivity contribution in [1.82, 2.24) is 14.8 Å². The van der Waals surface area contributed by atoms with Crippen LogP contribution in [0.2, 0.25) is 5.02 Å². The van der Waals surface area contributed by atoms with Gasteiger partial charge in [0.05, 0.1) is 6.54 Å². The van der Waals surface area contributed by atoms with Gasteiger partial charge in [-0.15, -0.1) is 0 Å². The highest BCUT2D eigenvalue weighted by Crippen LogP contribution is 2.19. The number of aromatic nitrogens is 1. The van der Waals surface area contributed by atoms with Gasteiger partial charge in [-0.3, -0.25) is 4.79 Å². The fourth-order valence-electron chi connectivity index (χ4n) is 3.67. The molecule has 0 atom stereocenters. The fraction of sp³-hybridized carbons (Fsp3) is 0.360. The van der Waals surface area contributed by atoms with Crippen molar-refractivity contribution in [3.8, 4) is 0 Å². The number of fused-ring (bicyclic) bond motifs is 1. The first-order valence-corrected chi connectivity index (χ1v) is 11.4. The summed E-state index contributed by atoms with van der Waals surface area (Å²) in [5.74, 6) is 0. The van der Waals surface area contributed by atoms with E-state index < -0.39 is 0 Å². The van der Waals surface area contributed by atoms with E-state index in [2.05, 4.69) is 35.1 Å². The molecular weight excluding hydrogens is 424 g/mol. The van der Waals surface area contributed by atoms with Crippen molar-refractivity contribution in [3.63, 3.8) is 0 Å². The summed E-state index contributed by atoms with van der Waals surface area (Å²) in [6.07, 6.45) is 0. The number of likely N-dealkylation sites (N-methyl/N-ethyl adjacent to an activating group) is 1. The van der Waals surface area contributed by atoms with Crippen LogP contribution in [0.1, 0.15) is 30.5 Å². The third-order valence-electron chi connectivity index (χ3n) is 5.84. The van der Waals surface area contributed by atoms with Crippen LogP contribution in [0.15, 0.2) is 47.3 Å². The van der Waals surface area contributed by atoms with Crippen LogP contribution in [0.4, 0.5) is 10.5 Å². The second-order valence-electron chi connectivity index (χ2n) is 8.04. The molecule has 0 fully saturated rings. The maximum atomic E-state index is 13.1. The molecule has 6 nitrogen and oxygen atoms in total. The Balaban J connectivity index is 1.88. The minimum absolute atomic E-state index is 0.177. The number of carbonyl (C=O) groups is 1. The van der Waals surface area contributed by atoms with E-state index in [4.69, 9.17) is 11.6 Å². The molecule has 1 heterocycles. The Morgan fingerprint density at radius 3 is 2.44 bits per heavy atom. The van der Waals surface area contributed by atoms with Crippen molar-refractivity contribution in [1.29, 1.82) is 0 Å². The molecule has 170 valence electrons. The minimum atomic E-state index is -0.265. The first-order chi connectivity index (χ1) is 15.3. The highest BCUT2D eigenvalue weighted by Gasteiger charge is 2.18. The lowest BCUT2D eigenvalue weighted by Gasteiger charge is -2.26. The Labute approximate surface area is 194 Å². The van der Waals surface area contributed by atoms with Gasteiger partial charge >= 0.3 is 6.03 Å². The molecule has 2 amide bonds. The lowest BCUT2D eigenvalue weighted by atomic mass is 10.0. The Morgan fingerprint density at radius 2 is 1.75 bits per heavy atom. The van der Waals surface area contributed by atoms with Crippen molar-refractivity contribution >= 4 is 34.2 Å². The van der Waals surface area contributed by atoms with Gasteiger partial charge < -0.3 is 20.1 Å². The van der Waals surface area contributed by atoms with Gasteiger partial charge in [0.25, 0.3) is 5.56 Å². The number of pyridine rings is 1.